The van der Waals surface area contributed by atoms with Crippen molar-refractivity contribution in [2.45, 2.75) is 76.5 Å². The van der Waals surface area contributed by atoms with Gasteiger partial charge in [0.25, 0.3) is 0 Å². The Morgan fingerprint density at radius 3 is 2.23 bits per heavy atom. The lowest BCUT2D eigenvalue weighted by atomic mass is 9.96. The SMILES string of the molecule is CCC(C)C(NC(=O)C(Cc1ccc(O)cc1)NC(=O)C(N)CCCCN)C(=O)NC(Cc1c[nH]c2ccccc12)C(=O)O. The van der Waals surface area contributed by atoms with Crippen molar-refractivity contribution < 1.29 is 29.4 Å². The minimum absolute atomic E-state index is 0.0356. The topological polar surface area (TPSA) is 213 Å². The van der Waals surface area contributed by atoms with Gasteiger partial charge in [-0.2, -0.15) is 0 Å². The number of amides is 3. The van der Waals surface area contributed by atoms with Gasteiger partial charge in [0.05, 0.1) is 6.04 Å². The van der Waals surface area contributed by atoms with Crippen LogP contribution in [0.5, 0.6) is 5.75 Å². The number of carbonyl (C=O) groups is 4. The molecule has 0 aliphatic rings. The minimum Gasteiger partial charge on any atom is -0.508 e. The van der Waals surface area contributed by atoms with Crippen LogP contribution in [0.3, 0.4) is 0 Å². The van der Waals surface area contributed by atoms with Crippen LogP contribution in [-0.4, -0.2) is 69.6 Å². The fraction of sp³-hybridized carbons (Fsp3) is 0.438. The molecule has 1 aromatic heterocycles. The highest BCUT2D eigenvalue weighted by molar-refractivity contribution is 5.94. The van der Waals surface area contributed by atoms with E-state index in [0.717, 1.165) is 16.5 Å². The van der Waals surface area contributed by atoms with Gasteiger partial charge in [0.1, 0.15) is 23.9 Å². The molecule has 5 atom stereocenters. The first-order valence-corrected chi connectivity index (χ1v) is 15.0. The van der Waals surface area contributed by atoms with Crippen molar-refractivity contribution in [1.82, 2.24) is 20.9 Å². The van der Waals surface area contributed by atoms with Gasteiger partial charge in [-0.05, 0) is 54.6 Å². The first-order valence-electron chi connectivity index (χ1n) is 15.0. The number of aromatic nitrogens is 1. The number of aliphatic carboxylic acids is 1. The van der Waals surface area contributed by atoms with Gasteiger partial charge in [-0.15, -0.1) is 0 Å². The van der Waals surface area contributed by atoms with Crippen molar-refractivity contribution >= 4 is 34.6 Å². The van der Waals surface area contributed by atoms with E-state index >= 15 is 0 Å². The summed E-state index contributed by atoms with van der Waals surface area (Å²) in [5.41, 5.74) is 13.9. The van der Waals surface area contributed by atoms with E-state index in [2.05, 4.69) is 20.9 Å². The second-order valence-electron chi connectivity index (χ2n) is 11.2. The molecule has 12 heteroatoms. The molecule has 238 valence electrons. The predicted molar refractivity (Wildman–Crippen MR) is 168 cm³/mol. The number of nitrogens with two attached hydrogens (primary N) is 2. The van der Waals surface area contributed by atoms with Crippen LogP contribution in [0, 0.1) is 5.92 Å². The highest BCUT2D eigenvalue weighted by Crippen LogP contribution is 2.20. The fourth-order valence-corrected chi connectivity index (χ4v) is 4.93. The van der Waals surface area contributed by atoms with Crippen LogP contribution in [0.15, 0.2) is 54.7 Å². The summed E-state index contributed by atoms with van der Waals surface area (Å²) in [5, 5.41) is 28.6. The smallest absolute Gasteiger partial charge is 0.326 e. The molecule has 12 nitrogen and oxygen atoms in total. The maximum absolute atomic E-state index is 13.7. The van der Waals surface area contributed by atoms with Crippen LogP contribution in [0.2, 0.25) is 0 Å². The van der Waals surface area contributed by atoms with Gasteiger partial charge in [0.15, 0.2) is 0 Å². The van der Waals surface area contributed by atoms with Crippen LogP contribution < -0.4 is 27.4 Å². The van der Waals surface area contributed by atoms with Crippen LogP contribution in [0.4, 0.5) is 0 Å². The lowest BCUT2D eigenvalue weighted by molar-refractivity contribution is -0.142. The van der Waals surface area contributed by atoms with E-state index in [1.807, 2.05) is 31.2 Å². The number of fused-ring (bicyclic) bond motifs is 1. The quantitative estimate of drug-likeness (QED) is 0.105. The molecule has 0 aliphatic heterocycles. The second-order valence-corrected chi connectivity index (χ2v) is 11.2. The monoisotopic (exact) mass is 608 g/mol. The summed E-state index contributed by atoms with van der Waals surface area (Å²) in [4.78, 5) is 55.4. The third-order valence-corrected chi connectivity index (χ3v) is 7.82. The van der Waals surface area contributed by atoms with Crippen molar-refractivity contribution in [3.63, 3.8) is 0 Å². The number of phenols is 1. The van der Waals surface area contributed by atoms with Gasteiger partial charge in [-0.1, -0.05) is 57.0 Å². The van der Waals surface area contributed by atoms with Crippen molar-refractivity contribution in [1.29, 1.82) is 0 Å². The molecular weight excluding hydrogens is 564 g/mol. The van der Waals surface area contributed by atoms with Gasteiger partial charge in [-0.3, -0.25) is 14.4 Å². The Morgan fingerprint density at radius 1 is 0.886 bits per heavy atom. The number of carbonyl (C=O) groups excluding carboxylic acids is 3. The van der Waals surface area contributed by atoms with Crippen LogP contribution in [0.25, 0.3) is 10.9 Å². The van der Waals surface area contributed by atoms with E-state index in [4.69, 9.17) is 11.5 Å². The number of phenolic OH excluding ortho intramolecular Hbond substituents is 1. The number of hydrogen-bond donors (Lipinski definition) is 8. The Hall–Kier alpha value is -4.42. The van der Waals surface area contributed by atoms with E-state index in [-0.39, 0.29) is 24.5 Å². The molecule has 1 heterocycles. The maximum atomic E-state index is 13.7. The number of rotatable bonds is 17. The number of benzene rings is 2. The lowest BCUT2D eigenvalue weighted by Crippen LogP contribution is -2.59. The Balaban J connectivity index is 1.78. The normalized spacial score (nSPS) is 14.6. The zero-order chi connectivity index (χ0) is 32.2. The van der Waals surface area contributed by atoms with Crippen molar-refractivity contribution in [2.75, 3.05) is 6.54 Å². The number of hydrogen-bond acceptors (Lipinski definition) is 7. The Kier molecular flexibility index (Phi) is 12.7. The number of H-pyrrole nitrogens is 1. The van der Waals surface area contributed by atoms with Crippen molar-refractivity contribution in [3.8, 4) is 5.75 Å². The molecule has 5 unspecified atom stereocenters. The van der Waals surface area contributed by atoms with E-state index in [0.29, 0.717) is 37.8 Å². The van der Waals surface area contributed by atoms with Crippen LogP contribution >= 0.6 is 0 Å². The van der Waals surface area contributed by atoms with E-state index in [1.165, 1.54) is 12.1 Å². The van der Waals surface area contributed by atoms with Gasteiger partial charge in [-0.25, -0.2) is 4.79 Å². The molecule has 3 rings (SSSR count). The molecule has 0 fully saturated rings. The molecule has 0 aliphatic carbocycles. The number of carboxylic acid groups (broad SMARTS) is 1. The first-order chi connectivity index (χ1) is 21.0. The minimum atomic E-state index is -1.25. The summed E-state index contributed by atoms with van der Waals surface area (Å²) in [5.74, 6) is -3.30. The molecule has 0 saturated heterocycles. The summed E-state index contributed by atoms with van der Waals surface area (Å²) in [6.07, 6.45) is 4.09. The third-order valence-electron chi connectivity index (χ3n) is 7.82. The van der Waals surface area contributed by atoms with Crippen LogP contribution in [-0.2, 0) is 32.0 Å². The lowest BCUT2D eigenvalue weighted by Gasteiger charge is -2.28. The molecule has 44 heavy (non-hydrogen) atoms. The van der Waals surface area contributed by atoms with Crippen molar-refractivity contribution in [3.05, 3.63) is 65.9 Å². The summed E-state index contributed by atoms with van der Waals surface area (Å²) in [6.45, 7) is 4.11. The zero-order valence-corrected chi connectivity index (χ0v) is 25.2. The maximum Gasteiger partial charge on any atom is 0.326 e. The molecule has 3 aromatic rings. The predicted octanol–water partition coefficient (Wildman–Crippen LogP) is 1.70. The summed E-state index contributed by atoms with van der Waals surface area (Å²) < 4.78 is 0. The number of carboxylic acids is 1. The number of para-hydroxylation sites is 1. The molecule has 0 spiro atoms. The largest absolute Gasteiger partial charge is 0.508 e. The molecule has 2 aromatic carbocycles. The molecule has 3 amide bonds. The fourth-order valence-electron chi connectivity index (χ4n) is 4.93. The molecule has 0 radical (unpaired) electrons. The van der Waals surface area contributed by atoms with Gasteiger partial charge in [0, 0.05) is 29.9 Å². The van der Waals surface area contributed by atoms with Gasteiger partial charge < -0.3 is 42.6 Å². The van der Waals surface area contributed by atoms with Gasteiger partial charge >= 0.3 is 5.97 Å². The number of aromatic hydroxyl groups is 1. The standard InChI is InChI=1S/C32H44N6O6/c1-3-19(2)28(31(42)37-27(32(43)44)17-21-18-35-25-10-5-4-8-23(21)25)38-30(41)26(16-20-11-13-22(39)14-12-20)36-29(40)24(34)9-6-7-15-33/h4-5,8,10-14,18-19,24,26-28,35,39H,3,6-7,9,15-17,33-34H2,1-2H3,(H,36,40)(H,37,42)(H,38,41)(H,43,44). The van der Waals surface area contributed by atoms with Crippen molar-refractivity contribution in [2.24, 2.45) is 17.4 Å². The molecular formula is C32H44N6O6. The zero-order valence-electron chi connectivity index (χ0n) is 25.2. The van der Waals surface area contributed by atoms with E-state index < -0.39 is 47.9 Å². The molecule has 0 saturated carbocycles. The molecule has 10 N–H and O–H groups in total. The average molecular weight is 609 g/mol. The Bertz CT molecular complexity index is 1410. The second kappa shape index (κ2) is 16.4. The molecule has 0 bridgehead atoms. The summed E-state index contributed by atoms with van der Waals surface area (Å²) in [7, 11) is 0. The summed E-state index contributed by atoms with van der Waals surface area (Å²) in [6, 6.07) is 9.40. The first kappa shape index (κ1) is 34.1. The van der Waals surface area contributed by atoms with Crippen LogP contribution in [0.1, 0.15) is 50.7 Å². The Labute approximate surface area is 257 Å². The van der Waals surface area contributed by atoms with E-state index in [9.17, 15) is 29.4 Å². The number of nitrogens with one attached hydrogen (secondary N) is 4. The third kappa shape index (κ3) is 9.55. The Morgan fingerprint density at radius 2 is 1.57 bits per heavy atom. The highest BCUT2D eigenvalue weighted by atomic mass is 16.4. The van der Waals surface area contributed by atoms with E-state index in [1.54, 1.807) is 25.3 Å². The number of unbranched alkanes of at least 4 members (excludes halogenated alkanes) is 1. The van der Waals surface area contributed by atoms with Gasteiger partial charge in [0.2, 0.25) is 17.7 Å². The average Bonchev–Trinajstić information content (AvgIpc) is 3.42. The number of aromatic amines is 1. The summed E-state index contributed by atoms with van der Waals surface area (Å²) >= 11 is 0. The highest BCUT2D eigenvalue weighted by Gasteiger charge is 2.33.